The molecular formula is C20H22ClN2O+. The highest BCUT2D eigenvalue weighted by atomic mass is 35.5. The second kappa shape index (κ2) is 7.20. The summed E-state index contributed by atoms with van der Waals surface area (Å²) in [6.07, 6.45) is 0. The molecule has 0 saturated carbocycles. The Hall–Kier alpha value is -2.10. The molecule has 0 radical (unpaired) electrons. The Labute approximate surface area is 147 Å². The number of fused-ring (bicyclic) bond motifs is 1. The Bertz CT molecular complexity index is 860. The van der Waals surface area contributed by atoms with Crippen molar-refractivity contribution in [3.05, 3.63) is 69.9 Å². The summed E-state index contributed by atoms with van der Waals surface area (Å²) in [6, 6.07) is 14.6. The maximum atomic E-state index is 6.39. The van der Waals surface area contributed by atoms with Crippen LogP contribution in [-0.2, 0) is 13.1 Å². The summed E-state index contributed by atoms with van der Waals surface area (Å²) >= 11 is 6.39. The van der Waals surface area contributed by atoms with E-state index in [2.05, 4.69) is 54.5 Å². The second-order valence-corrected chi connectivity index (χ2v) is 6.49. The molecule has 0 saturated heterocycles. The van der Waals surface area contributed by atoms with Gasteiger partial charge >= 0.3 is 0 Å². The van der Waals surface area contributed by atoms with Crippen molar-refractivity contribution in [1.82, 2.24) is 4.98 Å². The highest BCUT2D eigenvalue weighted by molar-refractivity contribution is 6.30. The normalized spacial score (nSPS) is 11.0. The van der Waals surface area contributed by atoms with Crippen LogP contribution in [0.1, 0.15) is 22.3 Å². The molecule has 0 aliphatic heterocycles. The molecule has 124 valence electrons. The summed E-state index contributed by atoms with van der Waals surface area (Å²) in [5.41, 5.74) is 5.73. The van der Waals surface area contributed by atoms with E-state index in [0.717, 1.165) is 35.3 Å². The molecule has 0 amide bonds. The Morgan fingerprint density at radius 3 is 2.50 bits per heavy atom. The average Bonchev–Trinajstić information content (AvgIpc) is 2.57. The van der Waals surface area contributed by atoms with Crippen molar-refractivity contribution in [2.45, 2.75) is 26.9 Å². The first-order chi connectivity index (χ1) is 11.6. The maximum Gasteiger partial charge on any atom is 0.138 e. The van der Waals surface area contributed by atoms with Crippen LogP contribution in [-0.4, -0.2) is 12.1 Å². The van der Waals surface area contributed by atoms with Gasteiger partial charge in [-0.2, -0.15) is 0 Å². The number of aromatic nitrogens is 1. The van der Waals surface area contributed by atoms with Crippen molar-refractivity contribution in [2.24, 2.45) is 0 Å². The van der Waals surface area contributed by atoms with E-state index in [4.69, 9.17) is 16.3 Å². The van der Waals surface area contributed by atoms with Gasteiger partial charge in [-0.1, -0.05) is 23.2 Å². The lowest BCUT2D eigenvalue weighted by atomic mass is 10.1. The Morgan fingerprint density at radius 2 is 1.79 bits per heavy atom. The highest BCUT2D eigenvalue weighted by Gasteiger charge is 2.09. The van der Waals surface area contributed by atoms with Gasteiger partial charge in [-0.15, -0.1) is 0 Å². The number of aryl methyl sites for hydroxylation is 2. The van der Waals surface area contributed by atoms with Crippen LogP contribution in [0.3, 0.4) is 0 Å². The van der Waals surface area contributed by atoms with E-state index >= 15 is 0 Å². The fourth-order valence-corrected chi connectivity index (χ4v) is 3.19. The number of hydrogen-bond donors (Lipinski definition) is 1. The van der Waals surface area contributed by atoms with Crippen LogP contribution in [0.5, 0.6) is 5.75 Å². The molecule has 4 heteroatoms. The number of ether oxygens (including phenoxy) is 1. The second-order valence-electron chi connectivity index (χ2n) is 6.14. The summed E-state index contributed by atoms with van der Waals surface area (Å²) < 4.78 is 5.18. The van der Waals surface area contributed by atoms with Gasteiger partial charge in [0, 0.05) is 16.5 Å². The molecule has 2 N–H and O–H groups in total. The number of nitrogens with two attached hydrogens (primary N) is 1. The van der Waals surface area contributed by atoms with E-state index in [0.29, 0.717) is 5.15 Å². The number of halogens is 1. The van der Waals surface area contributed by atoms with E-state index < -0.39 is 0 Å². The number of rotatable bonds is 5. The molecule has 3 rings (SSSR count). The van der Waals surface area contributed by atoms with Crippen molar-refractivity contribution >= 4 is 22.5 Å². The Kier molecular flexibility index (Phi) is 5.03. The van der Waals surface area contributed by atoms with Crippen LogP contribution >= 0.6 is 11.6 Å². The molecule has 0 unspecified atom stereocenters. The van der Waals surface area contributed by atoms with Crippen LogP contribution in [0.4, 0.5) is 0 Å². The molecule has 0 aliphatic carbocycles. The van der Waals surface area contributed by atoms with Gasteiger partial charge in [0.2, 0.25) is 0 Å². The van der Waals surface area contributed by atoms with Gasteiger partial charge in [-0.3, -0.25) is 0 Å². The lowest BCUT2D eigenvalue weighted by Crippen LogP contribution is -2.80. The van der Waals surface area contributed by atoms with Crippen molar-refractivity contribution in [3.63, 3.8) is 0 Å². The smallest absolute Gasteiger partial charge is 0.138 e. The lowest BCUT2D eigenvalue weighted by molar-refractivity contribution is -0.686. The van der Waals surface area contributed by atoms with Gasteiger partial charge < -0.3 is 10.1 Å². The maximum absolute atomic E-state index is 6.39. The molecule has 0 bridgehead atoms. The predicted molar refractivity (Wildman–Crippen MR) is 98.6 cm³/mol. The van der Waals surface area contributed by atoms with Crippen LogP contribution in [0.15, 0.2) is 42.5 Å². The largest absolute Gasteiger partial charge is 0.497 e. The third-order valence-corrected chi connectivity index (χ3v) is 4.51. The van der Waals surface area contributed by atoms with Crippen molar-refractivity contribution in [1.29, 1.82) is 0 Å². The summed E-state index contributed by atoms with van der Waals surface area (Å²) in [5.74, 6) is 0.881. The molecule has 1 aromatic heterocycles. The number of pyridine rings is 1. The summed E-state index contributed by atoms with van der Waals surface area (Å²) in [6.45, 7) is 5.89. The van der Waals surface area contributed by atoms with Gasteiger partial charge in [-0.05, 0) is 55.8 Å². The summed E-state index contributed by atoms with van der Waals surface area (Å²) in [5, 5.41) is 3.99. The van der Waals surface area contributed by atoms with E-state index in [1.54, 1.807) is 7.11 Å². The molecular weight excluding hydrogens is 320 g/mol. The van der Waals surface area contributed by atoms with Crippen molar-refractivity contribution in [3.8, 4) is 5.75 Å². The molecule has 0 fully saturated rings. The minimum atomic E-state index is 0.598. The van der Waals surface area contributed by atoms with Crippen molar-refractivity contribution < 1.29 is 10.1 Å². The summed E-state index contributed by atoms with van der Waals surface area (Å²) in [4.78, 5) is 4.59. The SMILES string of the molecule is COc1ccc(C[NH2+]Cc2cc3cc(C)cc(C)c3nc2Cl)cc1. The topological polar surface area (TPSA) is 38.7 Å². The molecule has 2 aromatic carbocycles. The lowest BCUT2D eigenvalue weighted by Gasteiger charge is -2.09. The van der Waals surface area contributed by atoms with Gasteiger partial charge in [0.15, 0.2) is 0 Å². The van der Waals surface area contributed by atoms with Crippen molar-refractivity contribution in [2.75, 3.05) is 7.11 Å². The summed E-state index contributed by atoms with van der Waals surface area (Å²) in [7, 11) is 1.68. The van der Waals surface area contributed by atoms with E-state index in [9.17, 15) is 0 Å². The standard InChI is InChI=1S/C20H21ClN2O/c1-13-8-14(2)19-16(9-13)10-17(20(21)23-19)12-22-11-15-4-6-18(24-3)7-5-15/h4-10,22H,11-12H2,1-3H3/p+1. The van der Waals surface area contributed by atoms with Crippen LogP contribution in [0.2, 0.25) is 5.15 Å². The average molecular weight is 342 g/mol. The Balaban J connectivity index is 1.73. The van der Waals surface area contributed by atoms with Gasteiger partial charge in [-0.25, -0.2) is 4.98 Å². The first-order valence-electron chi connectivity index (χ1n) is 8.08. The fraction of sp³-hybridized carbons (Fsp3) is 0.250. The number of hydrogen-bond acceptors (Lipinski definition) is 2. The van der Waals surface area contributed by atoms with Crippen LogP contribution < -0.4 is 10.1 Å². The molecule has 3 nitrogen and oxygen atoms in total. The molecule has 24 heavy (non-hydrogen) atoms. The minimum absolute atomic E-state index is 0.598. The van der Waals surface area contributed by atoms with Gasteiger partial charge in [0.1, 0.15) is 24.0 Å². The Morgan fingerprint density at radius 1 is 1.04 bits per heavy atom. The third kappa shape index (κ3) is 3.69. The fourth-order valence-electron chi connectivity index (χ4n) is 2.97. The molecule has 0 atom stereocenters. The van der Waals surface area contributed by atoms with E-state index in [1.165, 1.54) is 16.7 Å². The van der Waals surface area contributed by atoms with E-state index in [-0.39, 0.29) is 0 Å². The number of benzene rings is 2. The first kappa shape index (κ1) is 16.7. The number of methoxy groups -OCH3 is 1. The molecule has 0 spiro atoms. The zero-order valence-corrected chi connectivity index (χ0v) is 15.0. The zero-order valence-electron chi connectivity index (χ0n) is 14.3. The monoisotopic (exact) mass is 341 g/mol. The molecule has 3 aromatic rings. The molecule has 0 aliphatic rings. The van der Waals surface area contributed by atoms with Gasteiger partial charge in [0.05, 0.1) is 12.6 Å². The van der Waals surface area contributed by atoms with Gasteiger partial charge in [0.25, 0.3) is 0 Å². The molecule has 1 heterocycles. The first-order valence-corrected chi connectivity index (χ1v) is 8.45. The van der Waals surface area contributed by atoms with Crippen LogP contribution in [0.25, 0.3) is 10.9 Å². The number of quaternary nitrogens is 1. The predicted octanol–water partition coefficient (Wildman–Crippen LogP) is 3.78. The number of nitrogens with zero attached hydrogens (tertiary/aromatic N) is 1. The third-order valence-electron chi connectivity index (χ3n) is 4.18. The highest BCUT2D eigenvalue weighted by Crippen LogP contribution is 2.24. The minimum Gasteiger partial charge on any atom is -0.497 e. The zero-order chi connectivity index (χ0) is 17.1. The van der Waals surface area contributed by atoms with E-state index in [1.807, 2.05) is 12.1 Å². The van der Waals surface area contributed by atoms with Crippen LogP contribution in [0, 0.1) is 13.8 Å². The quantitative estimate of drug-likeness (QED) is 0.717.